The molecule has 3 N–H and O–H groups in total. The summed E-state index contributed by atoms with van der Waals surface area (Å²) in [5.41, 5.74) is 6.74. The van der Waals surface area contributed by atoms with E-state index in [9.17, 15) is 13.2 Å². The maximum absolute atomic E-state index is 12.7. The van der Waals surface area contributed by atoms with Gasteiger partial charge in [0.25, 0.3) is 0 Å². The first-order valence-corrected chi connectivity index (χ1v) is 17.2. The van der Waals surface area contributed by atoms with Gasteiger partial charge in [0.1, 0.15) is 11.3 Å². The Bertz CT molecular complexity index is 1800. The Kier molecular flexibility index (Phi) is 8.79. The third-order valence-corrected chi connectivity index (χ3v) is 10.7. The number of carbonyl (C=O) groups excluding carboxylic acids is 1. The molecular formula is C30H37BrN8O4S. The molecule has 6 rings (SSSR count). The van der Waals surface area contributed by atoms with Gasteiger partial charge < -0.3 is 24.9 Å². The van der Waals surface area contributed by atoms with E-state index in [4.69, 9.17) is 9.72 Å². The van der Waals surface area contributed by atoms with E-state index < -0.39 is 10.0 Å². The maximum atomic E-state index is 12.7. The highest BCUT2D eigenvalue weighted by Crippen LogP contribution is 2.35. The Morgan fingerprint density at radius 2 is 1.98 bits per heavy atom. The number of hydrogen-bond acceptors (Lipinski definition) is 8. The minimum Gasteiger partial charge on any atom is -0.379 e. The molecule has 14 heteroatoms. The van der Waals surface area contributed by atoms with Gasteiger partial charge in [0.2, 0.25) is 15.9 Å². The average molecular weight is 686 g/mol. The number of halogens is 1. The molecule has 234 valence electrons. The lowest BCUT2D eigenvalue weighted by molar-refractivity contribution is -0.118. The molecule has 44 heavy (non-hydrogen) atoms. The third kappa shape index (κ3) is 6.26. The monoisotopic (exact) mass is 684 g/mol. The Labute approximate surface area is 265 Å². The number of aryl methyl sites for hydroxylation is 1. The highest BCUT2D eigenvalue weighted by molar-refractivity contribution is 9.10. The smallest absolute Gasteiger partial charge is 0.238 e. The molecule has 4 aromatic rings. The van der Waals surface area contributed by atoms with Crippen molar-refractivity contribution < 1.29 is 17.9 Å². The first kappa shape index (κ1) is 30.7. The number of benzene rings is 1. The van der Waals surface area contributed by atoms with E-state index in [1.807, 2.05) is 38.1 Å². The van der Waals surface area contributed by atoms with Crippen LogP contribution in [0.3, 0.4) is 0 Å². The van der Waals surface area contributed by atoms with Gasteiger partial charge >= 0.3 is 0 Å². The average Bonchev–Trinajstić information content (AvgIpc) is 3.73. The van der Waals surface area contributed by atoms with Crippen LogP contribution in [0.25, 0.3) is 28.2 Å². The van der Waals surface area contributed by atoms with Crippen molar-refractivity contribution in [3.8, 4) is 17.1 Å². The van der Waals surface area contributed by atoms with Gasteiger partial charge in [0.15, 0.2) is 5.65 Å². The van der Waals surface area contributed by atoms with Gasteiger partial charge in [-0.15, -0.1) is 0 Å². The summed E-state index contributed by atoms with van der Waals surface area (Å²) in [6.45, 7) is 9.83. The molecule has 2 aliphatic heterocycles. The number of pyridine rings is 1. The van der Waals surface area contributed by atoms with Crippen LogP contribution in [0.5, 0.6) is 0 Å². The lowest BCUT2D eigenvalue weighted by Crippen LogP contribution is -2.41. The summed E-state index contributed by atoms with van der Waals surface area (Å²) >= 11 is 3.62. The SMILES string of the molecule is CCS(=O)(=O)N1CCC(Nc2c(Br)cnc3nc(-c4cc(C)n(-c5cccc(NC(=O)CN6CCOCC6)c5)c4C)[nH]c23)C1. The maximum Gasteiger partial charge on any atom is 0.238 e. The topological polar surface area (TPSA) is 137 Å². The molecule has 2 fully saturated rings. The highest BCUT2D eigenvalue weighted by atomic mass is 79.9. The molecular weight excluding hydrogens is 648 g/mol. The normalized spacial score (nSPS) is 18.2. The number of H-pyrrole nitrogens is 1. The number of nitrogens with zero attached hydrogens (tertiary/aromatic N) is 5. The summed E-state index contributed by atoms with van der Waals surface area (Å²) in [7, 11) is -3.23. The zero-order valence-corrected chi connectivity index (χ0v) is 27.5. The summed E-state index contributed by atoms with van der Waals surface area (Å²) in [6, 6.07) is 9.89. The number of rotatable bonds is 9. The van der Waals surface area contributed by atoms with Crippen LogP contribution in [0.4, 0.5) is 11.4 Å². The molecule has 1 unspecified atom stereocenters. The van der Waals surface area contributed by atoms with E-state index in [1.54, 1.807) is 17.4 Å². The second kappa shape index (κ2) is 12.6. The number of aromatic amines is 1. The van der Waals surface area contributed by atoms with Crippen molar-refractivity contribution in [2.75, 3.05) is 62.3 Å². The summed E-state index contributed by atoms with van der Waals surface area (Å²) in [4.78, 5) is 27.6. The fourth-order valence-corrected chi connectivity index (χ4v) is 7.54. The van der Waals surface area contributed by atoms with E-state index >= 15 is 0 Å². The van der Waals surface area contributed by atoms with Crippen molar-refractivity contribution in [1.82, 2.24) is 28.7 Å². The standard InChI is InChI=1S/C30H37BrN8O4S/c1-4-44(41,42)38-9-8-22(17-38)34-27-25(31)16-32-30-28(27)35-29(36-30)24-14-19(2)39(20(24)3)23-7-5-6-21(15-23)33-26(40)18-37-10-12-43-13-11-37/h5-7,14-16,22H,4,8-13,17-18H2,1-3H3,(H,33,40)(H2,32,34,35,36). The number of carbonyl (C=O) groups is 1. The van der Waals surface area contributed by atoms with E-state index in [0.717, 1.165) is 57.1 Å². The lowest BCUT2D eigenvalue weighted by Gasteiger charge is -2.25. The van der Waals surface area contributed by atoms with Gasteiger partial charge in [-0.3, -0.25) is 9.69 Å². The molecule has 0 bridgehead atoms. The van der Waals surface area contributed by atoms with Crippen LogP contribution in [-0.2, 0) is 19.6 Å². The molecule has 0 saturated carbocycles. The van der Waals surface area contributed by atoms with Crippen molar-refractivity contribution in [1.29, 1.82) is 0 Å². The van der Waals surface area contributed by atoms with Crippen LogP contribution < -0.4 is 10.6 Å². The molecule has 5 heterocycles. The number of sulfonamides is 1. The summed E-state index contributed by atoms with van der Waals surface area (Å²) < 4.78 is 34.6. The fraction of sp³-hybridized carbons (Fsp3) is 0.433. The zero-order chi connectivity index (χ0) is 31.0. The first-order chi connectivity index (χ1) is 21.1. The highest BCUT2D eigenvalue weighted by Gasteiger charge is 2.31. The van der Waals surface area contributed by atoms with E-state index in [0.29, 0.717) is 50.7 Å². The number of hydrogen-bond donors (Lipinski definition) is 3. The van der Waals surface area contributed by atoms with E-state index in [2.05, 4.69) is 52.1 Å². The Balaban J connectivity index is 1.24. The number of imidazole rings is 1. The number of amides is 1. The van der Waals surface area contributed by atoms with E-state index in [1.165, 1.54) is 0 Å². The molecule has 0 aliphatic carbocycles. The second-order valence-electron chi connectivity index (χ2n) is 11.3. The van der Waals surface area contributed by atoms with Crippen molar-refractivity contribution in [3.63, 3.8) is 0 Å². The van der Waals surface area contributed by atoms with Gasteiger partial charge in [-0.1, -0.05) is 6.07 Å². The van der Waals surface area contributed by atoms with Crippen LogP contribution in [-0.4, -0.2) is 101 Å². The predicted octanol–water partition coefficient (Wildman–Crippen LogP) is 3.90. The fourth-order valence-electron chi connectivity index (χ4n) is 5.97. The molecule has 2 saturated heterocycles. The number of fused-ring (bicyclic) bond motifs is 1. The Hall–Kier alpha value is -3.30. The molecule has 0 radical (unpaired) electrons. The quantitative estimate of drug-likeness (QED) is 0.242. The first-order valence-electron chi connectivity index (χ1n) is 14.8. The van der Waals surface area contributed by atoms with Crippen LogP contribution in [0.15, 0.2) is 41.0 Å². The van der Waals surface area contributed by atoms with Crippen molar-refractivity contribution in [2.45, 2.75) is 33.2 Å². The molecule has 12 nitrogen and oxygen atoms in total. The molecule has 2 aliphatic rings. The Morgan fingerprint density at radius 3 is 2.75 bits per heavy atom. The van der Waals surface area contributed by atoms with Gasteiger partial charge in [-0.25, -0.2) is 18.4 Å². The van der Waals surface area contributed by atoms with Crippen LogP contribution in [0.2, 0.25) is 0 Å². The van der Waals surface area contributed by atoms with Crippen molar-refractivity contribution in [3.05, 3.63) is 52.4 Å². The number of nitrogens with one attached hydrogen (secondary N) is 3. The number of anilines is 2. The minimum atomic E-state index is -3.23. The molecule has 3 aromatic heterocycles. The van der Waals surface area contributed by atoms with Crippen LogP contribution in [0.1, 0.15) is 24.7 Å². The molecule has 1 atom stereocenters. The summed E-state index contributed by atoms with van der Waals surface area (Å²) in [5.74, 6) is 0.733. The van der Waals surface area contributed by atoms with Crippen molar-refractivity contribution >= 4 is 54.4 Å². The predicted molar refractivity (Wildman–Crippen MR) is 175 cm³/mol. The Morgan fingerprint density at radius 1 is 1.18 bits per heavy atom. The van der Waals surface area contributed by atoms with Crippen molar-refractivity contribution in [2.24, 2.45) is 0 Å². The number of ether oxygens (including phenoxy) is 1. The molecule has 0 spiro atoms. The minimum absolute atomic E-state index is 0.0309. The van der Waals surface area contributed by atoms with Crippen LogP contribution >= 0.6 is 15.9 Å². The number of morpholine rings is 1. The third-order valence-electron chi connectivity index (χ3n) is 8.28. The molecule has 1 aromatic carbocycles. The van der Waals surface area contributed by atoms with Crippen LogP contribution in [0, 0.1) is 13.8 Å². The summed E-state index contributed by atoms with van der Waals surface area (Å²) in [5, 5.41) is 6.57. The zero-order valence-electron chi connectivity index (χ0n) is 25.1. The number of aromatic nitrogens is 4. The molecule has 1 amide bonds. The summed E-state index contributed by atoms with van der Waals surface area (Å²) in [6.07, 6.45) is 2.43. The largest absolute Gasteiger partial charge is 0.379 e. The van der Waals surface area contributed by atoms with Gasteiger partial charge in [0, 0.05) is 66.7 Å². The van der Waals surface area contributed by atoms with Gasteiger partial charge in [-0.05, 0) is 67.4 Å². The van der Waals surface area contributed by atoms with Gasteiger partial charge in [-0.2, -0.15) is 4.31 Å². The lowest BCUT2D eigenvalue weighted by atomic mass is 10.2. The van der Waals surface area contributed by atoms with E-state index in [-0.39, 0.29) is 17.7 Å². The van der Waals surface area contributed by atoms with Gasteiger partial charge in [0.05, 0.1) is 35.7 Å². The second-order valence-corrected chi connectivity index (χ2v) is 14.4.